The molecule has 2 aliphatic carbocycles. The lowest BCUT2D eigenvalue weighted by Gasteiger charge is -2.31. The van der Waals surface area contributed by atoms with E-state index in [-0.39, 0.29) is 17.7 Å². The zero-order valence-corrected chi connectivity index (χ0v) is 20.8. The number of aromatic nitrogens is 4. The molecule has 2 amide bonds. The summed E-state index contributed by atoms with van der Waals surface area (Å²) in [6.07, 6.45) is 11.0. The Morgan fingerprint density at radius 1 is 1.24 bits per heavy atom. The number of hydrogen-bond donors (Lipinski definition) is 2. The average molecular weight is 497 g/mol. The molecular weight excluding hydrogens is 468 g/mol. The Morgan fingerprint density at radius 2 is 2.09 bits per heavy atom. The van der Waals surface area contributed by atoms with Crippen molar-refractivity contribution >= 4 is 39.9 Å². The molecule has 1 fully saturated rings. The van der Waals surface area contributed by atoms with E-state index in [1.165, 1.54) is 42.4 Å². The zero-order chi connectivity index (χ0) is 23.7. The lowest BCUT2D eigenvalue weighted by molar-refractivity contribution is -0.113. The van der Waals surface area contributed by atoms with Gasteiger partial charge < -0.3 is 11.1 Å². The van der Waals surface area contributed by atoms with Crippen LogP contribution in [0.4, 0.5) is 5.00 Å². The van der Waals surface area contributed by atoms with Crippen molar-refractivity contribution in [2.45, 2.75) is 63.1 Å². The molecular formula is C24H28N6O2S2. The van der Waals surface area contributed by atoms with Gasteiger partial charge in [0.2, 0.25) is 5.91 Å². The highest BCUT2D eigenvalue weighted by molar-refractivity contribution is 7.99. The van der Waals surface area contributed by atoms with E-state index >= 15 is 0 Å². The minimum Gasteiger partial charge on any atom is -0.365 e. The summed E-state index contributed by atoms with van der Waals surface area (Å²) in [6, 6.07) is 4.17. The minimum absolute atomic E-state index is 0.174. The van der Waals surface area contributed by atoms with E-state index < -0.39 is 5.91 Å². The van der Waals surface area contributed by atoms with Crippen LogP contribution in [0, 0.1) is 5.92 Å². The number of primary amides is 1. The number of nitrogens with zero attached hydrogens (tertiary/aromatic N) is 4. The van der Waals surface area contributed by atoms with Crippen LogP contribution < -0.4 is 11.1 Å². The van der Waals surface area contributed by atoms with Gasteiger partial charge >= 0.3 is 0 Å². The normalized spacial score (nSPS) is 19.7. The van der Waals surface area contributed by atoms with Crippen molar-refractivity contribution in [2.75, 3.05) is 11.1 Å². The molecule has 3 heterocycles. The third kappa shape index (κ3) is 4.48. The third-order valence-corrected chi connectivity index (χ3v) is 8.89. The van der Waals surface area contributed by atoms with Gasteiger partial charge in [-0.1, -0.05) is 31.5 Å². The number of anilines is 1. The van der Waals surface area contributed by atoms with E-state index in [4.69, 9.17) is 5.73 Å². The van der Waals surface area contributed by atoms with E-state index in [0.717, 1.165) is 52.7 Å². The molecule has 0 aliphatic heterocycles. The third-order valence-electron chi connectivity index (χ3n) is 6.74. The molecule has 0 bridgehead atoms. The maximum atomic E-state index is 12.9. The highest BCUT2D eigenvalue weighted by atomic mass is 32.2. The van der Waals surface area contributed by atoms with Crippen molar-refractivity contribution < 1.29 is 9.59 Å². The summed E-state index contributed by atoms with van der Waals surface area (Å²) in [5.74, 6) is 0.809. The van der Waals surface area contributed by atoms with Crippen molar-refractivity contribution in [1.82, 2.24) is 19.7 Å². The van der Waals surface area contributed by atoms with Crippen molar-refractivity contribution in [3.05, 3.63) is 40.5 Å². The number of rotatable bonds is 7. The van der Waals surface area contributed by atoms with Crippen molar-refractivity contribution in [2.24, 2.45) is 11.7 Å². The second-order valence-electron chi connectivity index (χ2n) is 9.01. The molecule has 1 saturated carbocycles. The van der Waals surface area contributed by atoms with Gasteiger partial charge in [0, 0.05) is 28.9 Å². The Hall–Kier alpha value is -2.72. The van der Waals surface area contributed by atoms with Crippen molar-refractivity contribution in [1.29, 1.82) is 0 Å². The van der Waals surface area contributed by atoms with Crippen LogP contribution in [0.3, 0.4) is 0 Å². The Kier molecular flexibility index (Phi) is 6.69. The monoisotopic (exact) mass is 496 g/mol. The van der Waals surface area contributed by atoms with E-state index in [1.54, 1.807) is 12.4 Å². The highest BCUT2D eigenvalue weighted by Gasteiger charge is 2.30. The van der Waals surface area contributed by atoms with Crippen LogP contribution in [0.1, 0.15) is 65.9 Å². The van der Waals surface area contributed by atoms with Gasteiger partial charge in [-0.2, -0.15) is 0 Å². The molecule has 0 aromatic carbocycles. The number of aryl methyl sites for hydroxylation is 1. The topological polar surface area (TPSA) is 116 Å². The Labute approximate surface area is 206 Å². The Balaban J connectivity index is 1.36. The smallest absolute Gasteiger partial charge is 0.251 e. The van der Waals surface area contributed by atoms with Gasteiger partial charge in [-0.15, -0.1) is 21.5 Å². The molecule has 8 nitrogen and oxygen atoms in total. The standard InChI is InChI=1S/C24H28N6O2S2/c1-14-6-2-3-9-17(14)30-22(15-7-5-11-26-12-15)28-29-24(30)33-13-19(31)27-23-20(21(25)32)16-8-4-10-18(16)34-23/h5,7,11-12,14,17H,2-4,6,8-10,13H2,1H3,(H2,25,32)(H,27,31)/t14-,17-/m1/s1. The lowest BCUT2D eigenvalue weighted by Crippen LogP contribution is -2.23. The summed E-state index contributed by atoms with van der Waals surface area (Å²) in [7, 11) is 0. The van der Waals surface area contributed by atoms with Crippen LogP contribution in [-0.4, -0.2) is 37.3 Å². The van der Waals surface area contributed by atoms with E-state index in [9.17, 15) is 9.59 Å². The zero-order valence-electron chi connectivity index (χ0n) is 19.1. The number of thiophene rings is 1. The van der Waals surface area contributed by atoms with Gasteiger partial charge in [-0.05, 0) is 55.7 Å². The first-order valence-electron chi connectivity index (χ1n) is 11.7. The fourth-order valence-corrected chi connectivity index (χ4v) is 7.20. The van der Waals surface area contributed by atoms with Gasteiger partial charge in [0.25, 0.3) is 5.91 Å². The number of thioether (sulfide) groups is 1. The molecule has 10 heteroatoms. The average Bonchev–Trinajstić information content (AvgIpc) is 3.53. The molecule has 178 valence electrons. The van der Waals surface area contributed by atoms with Gasteiger partial charge in [0.1, 0.15) is 5.00 Å². The van der Waals surface area contributed by atoms with Crippen molar-refractivity contribution in [3.63, 3.8) is 0 Å². The van der Waals surface area contributed by atoms with Gasteiger partial charge in [0.15, 0.2) is 11.0 Å². The first-order chi connectivity index (χ1) is 16.5. The summed E-state index contributed by atoms with van der Waals surface area (Å²) in [4.78, 5) is 30.3. The number of fused-ring (bicyclic) bond motifs is 1. The molecule has 0 spiro atoms. The van der Waals surface area contributed by atoms with Crippen molar-refractivity contribution in [3.8, 4) is 11.4 Å². The first kappa shape index (κ1) is 23.0. The SMILES string of the molecule is C[C@@H]1CCCC[C@H]1n1c(SCC(=O)Nc2sc3c(c2C(N)=O)CCC3)nnc1-c1cccnc1. The van der Waals surface area contributed by atoms with Crippen LogP contribution >= 0.6 is 23.1 Å². The van der Waals surface area contributed by atoms with E-state index in [2.05, 4.69) is 32.0 Å². The second-order valence-corrected chi connectivity index (χ2v) is 11.1. The number of hydrogen-bond acceptors (Lipinski definition) is 7. The van der Waals surface area contributed by atoms with Crippen LogP contribution in [0.15, 0.2) is 29.7 Å². The highest BCUT2D eigenvalue weighted by Crippen LogP contribution is 2.40. The predicted octanol–water partition coefficient (Wildman–Crippen LogP) is 4.47. The van der Waals surface area contributed by atoms with Gasteiger partial charge in [0.05, 0.1) is 11.3 Å². The van der Waals surface area contributed by atoms with Crippen LogP contribution in [0.2, 0.25) is 0 Å². The van der Waals surface area contributed by atoms with E-state index in [1.807, 2.05) is 12.1 Å². The molecule has 2 atom stereocenters. The number of carbonyl (C=O) groups excluding carboxylic acids is 2. The lowest BCUT2D eigenvalue weighted by atomic mass is 9.85. The first-order valence-corrected chi connectivity index (χ1v) is 13.6. The summed E-state index contributed by atoms with van der Waals surface area (Å²) in [6.45, 7) is 2.28. The fourth-order valence-electron chi connectivity index (χ4n) is 5.09. The maximum Gasteiger partial charge on any atom is 0.251 e. The van der Waals surface area contributed by atoms with Crippen LogP contribution in [0.5, 0.6) is 0 Å². The molecule has 3 aromatic heterocycles. The minimum atomic E-state index is -0.477. The molecule has 0 radical (unpaired) electrons. The number of nitrogens with one attached hydrogen (secondary N) is 1. The van der Waals surface area contributed by atoms with Crippen LogP contribution in [0.25, 0.3) is 11.4 Å². The number of nitrogens with two attached hydrogens (primary N) is 1. The quantitative estimate of drug-likeness (QED) is 0.466. The molecule has 0 unspecified atom stereocenters. The summed E-state index contributed by atoms with van der Waals surface area (Å²) < 4.78 is 2.20. The summed E-state index contributed by atoms with van der Waals surface area (Å²) in [5.41, 5.74) is 8.04. The molecule has 34 heavy (non-hydrogen) atoms. The predicted molar refractivity (Wildman–Crippen MR) is 134 cm³/mol. The summed E-state index contributed by atoms with van der Waals surface area (Å²) >= 11 is 2.85. The molecule has 5 rings (SSSR count). The number of carbonyl (C=O) groups is 2. The Bertz CT molecular complexity index is 1210. The molecule has 3 N–H and O–H groups in total. The molecule has 3 aromatic rings. The molecule has 0 saturated heterocycles. The molecule has 2 aliphatic rings. The largest absolute Gasteiger partial charge is 0.365 e. The fraction of sp³-hybridized carbons (Fsp3) is 0.458. The van der Waals surface area contributed by atoms with Crippen LogP contribution in [-0.2, 0) is 17.6 Å². The second kappa shape index (κ2) is 9.87. The van der Waals surface area contributed by atoms with Gasteiger partial charge in [-0.3, -0.25) is 19.1 Å². The van der Waals surface area contributed by atoms with Gasteiger partial charge in [-0.25, -0.2) is 0 Å². The van der Waals surface area contributed by atoms with E-state index in [0.29, 0.717) is 16.5 Å². The number of amides is 2. The summed E-state index contributed by atoms with van der Waals surface area (Å²) in [5, 5.41) is 13.2. The Morgan fingerprint density at radius 3 is 2.85 bits per heavy atom. The maximum absolute atomic E-state index is 12.9. The number of pyridine rings is 1.